The fraction of sp³-hybridized carbons (Fsp3) is 0.933. The average Bonchev–Trinajstić information content (AvgIpc) is 2.80. The van der Waals surface area contributed by atoms with Crippen LogP contribution in [0.25, 0.3) is 0 Å². The SMILES string of the molecule is CC(C)CS(=O)(=O)CC(=O)N1C[C@@H](N2CCOCC2)[C@@H](C)C1. The molecule has 128 valence electrons. The van der Waals surface area contributed by atoms with Gasteiger partial charge in [0.05, 0.1) is 19.0 Å². The number of ether oxygens (including phenoxy) is 1. The Hall–Kier alpha value is -0.660. The van der Waals surface area contributed by atoms with Crippen LogP contribution in [0.4, 0.5) is 0 Å². The van der Waals surface area contributed by atoms with E-state index in [1.807, 2.05) is 13.8 Å². The van der Waals surface area contributed by atoms with Gasteiger partial charge < -0.3 is 9.64 Å². The van der Waals surface area contributed by atoms with Crippen LogP contribution in [0.3, 0.4) is 0 Å². The summed E-state index contributed by atoms with van der Waals surface area (Å²) in [5.74, 6) is -0.0996. The Morgan fingerprint density at radius 3 is 2.45 bits per heavy atom. The molecule has 2 heterocycles. The molecule has 2 aliphatic rings. The summed E-state index contributed by atoms with van der Waals surface area (Å²) in [5, 5.41) is 0. The molecule has 0 aromatic heterocycles. The molecular formula is C15H28N2O4S. The fourth-order valence-corrected chi connectivity index (χ4v) is 5.08. The van der Waals surface area contributed by atoms with E-state index in [1.54, 1.807) is 4.90 Å². The van der Waals surface area contributed by atoms with Crippen molar-refractivity contribution in [3.8, 4) is 0 Å². The predicted molar refractivity (Wildman–Crippen MR) is 85.4 cm³/mol. The molecule has 0 aliphatic carbocycles. The second-order valence-electron chi connectivity index (χ2n) is 6.94. The van der Waals surface area contributed by atoms with Crippen LogP contribution in [-0.4, -0.2) is 81.1 Å². The first-order valence-electron chi connectivity index (χ1n) is 8.08. The number of rotatable bonds is 5. The van der Waals surface area contributed by atoms with Crippen LogP contribution in [0, 0.1) is 11.8 Å². The number of nitrogens with zero attached hydrogens (tertiary/aromatic N) is 2. The van der Waals surface area contributed by atoms with Crippen LogP contribution in [0.15, 0.2) is 0 Å². The average molecular weight is 332 g/mol. The quantitative estimate of drug-likeness (QED) is 0.721. The molecule has 22 heavy (non-hydrogen) atoms. The molecule has 0 aromatic carbocycles. The van der Waals surface area contributed by atoms with Crippen LogP contribution in [0.1, 0.15) is 20.8 Å². The van der Waals surface area contributed by atoms with Gasteiger partial charge in [0.2, 0.25) is 5.91 Å². The number of morpholine rings is 1. The zero-order valence-corrected chi connectivity index (χ0v) is 14.6. The van der Waals surface area contributed by atoms with E-state index in [0.717, 1.165) is 26.3 Å². The van der Waals surface area contributed by atoms with Crippen LogP contribution in [-0.2, 0) is 19.4 Å². The minimum Gasteiger partial charge on any atom is -0.379 e. The summed E-state index contributed by atoms with van der Waals surface area (Å²) in [7, 11) is -3.30. The first-order valence-corrected chi connectivity index (χ1v) is 9.90. The second-order valence-corrected chi connectivity index (χ2v) is 9.05. The van der Waals surface area contributed by atoms with Crippen molar-refractivity contribution in [1.29, 1.82) is 0 Å². The Bertz CT molecular complexity index is 486. The smallest absolute Gasteiger partial charge is 0.237 e. The highest BCUT2D eigenvalue weighted by Crippen LogP contribution is 2.23. The normalized spacial score (nSPS) is 27.5. The maximum Gasteiger partial charge on any atom is 0.237 e. The van der Waals surface area contributed by atoms with E-state index in [1.165, 1.54) is 0 Å². The van der Waals surface area contributed by atoms with E-state index in [2.05, 4.69) is 11.8 Å². The van der Waals surface area contributed by atoms with Crippen molar-refractivity contribution in [1.82, 2.24) is 9.80 Å². The Kier molecular flexibility index (Phi) is 5.85. The summed E-state index contributed by atoms with van der Waals surface area (Å²) in [6.45, 7) is 10.4. The summed E-state index contributed by atoms with van der Waals surface area (Å²) in [4.78, 5) is 16.4. The highest BCUT2D eigenvalue weighted by Gasteiger charge is 2.37. The second kappa shape index (κ2) is 7.27. The largest absolute Gasteiger partial charge is 0.379 e. The minimum absolute atomic E-state index is 0.0522. The third-order valence-corrected chi connectivity index (χ3v) is 6.23. The molecule has 6 nitrogen and oxygen atoms in total. The van der Waals surface area contributed by atoms with Crippen LogP contribution < -0.4 is 0 Å². The van der Waals surface area contributed by atoms with Crippen molar-refractivity contribution in [2.75, 3.05) is 50.9 Å². The van der Waals surface area contributed by atoms with Gasteiger partial charge in [0.25, 0.3) is 0 Å². The molecule has 0 unspecified atom stereocenters. The molecule has 0 N–H and O–H groups in total. The minimum atomic E-state index is -3.30. The number of carbonyl (C=O) groups excluding carboxylic acids is 1. The molecule has 2 aliphatic heterocycles. The van der Waals surface area contributed by atoms with Gasteiger partial charge in [-0.05, 0) is 11.8 Å². The van der Waals surface area contributed by atoms with Gasteiger partial charge in [0, 0.05) is 32.2 Å². The van der Waals surface area contributed by atoms with Crippen LogP contribution in [0.5, 0.6) is 0 Å². The number of hydrogen-bond acceptors (Lipinski definition) is 5. The van der Waals surface area contributed by atoms with Gasteiger partial charge >= 0.3 is 0 Å². The lowest BCUT2D eigenvalue weighted by Gasteiger charge is -2.33. The predicted octanol–water partition coefficient (Wildman–Crippen LogP) is 0.236. The van der Waals surface area contributed by atoms with E-state index in [-0.39, 0.29) is 23.3 Å². The lowest BCUT2D eigenvalue weighted by atomic mass is 10.0. The molecule has 1 amide bonds. The summed E-state index contributed by atoms with van der Waals surface area (Å²) >= 11 is 0. The number of amides is 1. The molecule has 0 bridgehead atoms. The summed E-state index contributed by atoms with van der Waals surface area (Å²) < 4.78 is 29.4. The zero-order valence-electron chi connectivity index (χ0n) is 13.8. The fourth-order valence-electron chi connectivity index (χ4n) is 3.38. The van der Waals surface area contributed by atoms with Gasteiger partial charge in [-0.3, -0.25) is 9.69 Å². The number of hydrogen-bond donors (Lipinski definition) is 0. The van der Waals surface area contributed by atoms with Gasteiger partial charge in [-0.15, -0.1) is 0 Å². The molecular weight excluding hydrogens is 304 g/mol. The molecule has 2 fully saturated rings. The first-order chi connectivity index (χ1) is 10.3. The van der Waals surface area contributed by atoms with Gasteiger partial charge in [-0.1, -0.05) is 20.8 Å². The lowest BCUT2D eigenvalue weighted by molar-refractivity contribution is -0.127. The third-order valence-electron chi connectivity index (χ3n) is 4.37. The summed E-state index contributed by atoms with van der Waals surface area (Å²) in [5.41, 5.74) is 0. The molecule has 2 saturated heterocycles. The van der Waals surface area contributed by atoms with E-state index in [0.29, 0.717) is 25.0 Å². The van der Waals surface area contributed by atoms with Gasteiger partial charge in [-0.25, -0.2) is 8.42 Å². The lowest BCUT2D eigenvalue weighted by Crippen LogP contribution is -2.47. The van der Waals surface area contributed by atoms with E-state index >= 15 is 0 Å². The topological polar surface area (TPSA) is 66.9 Å². The number of likely N-dealkylation sites (tertiary alicyclic amines) is 1. The monoisotopic (exact) mass is 332 g/mol. The third kappa shape index (κ3) is 4.67. The van der Waals surface area contributed by atoms with Crippen molar-refractivity contribution in [3.05, 3.63) is 0 Å². The van der Waals surface area contributed by atoms with Crippen molar-refractivity contribution in [2.24, 2.45) is 11.8 Å². The Morgan fingerprint density at radius 2 is 1.86 bits per heavy atom. The van der Waals surface area contributed by atoms with E-state index in [4.69, 9.17) is 4.74 Å². The summed E-state index contributed by atoms with van der Waals surface area (Å²) in [6, 6.07) is 0.320. The molecule has 7 heteroatoms. The Balaban J connectivity index is 1.92. The highest BCUT2D eigenvalue weighted by atomic mass is 32.2. The van der Waals surface area contributed by atoms with Crippen molar-refractivity contribution >= 4 is 15.7 Å². The summed E-state index contributed by atoms with van der Waals surface area (Å²) in [6.07, 6.45) is 0. The molecule has 0 saturated carbocycles. The van der Waals surface area contributed by atoms with Gasteiger partial charge in [0.15, 0.2) is 9.84 Å². The molecule has 0 radical (unpaired) electrons. The Morgan fingerprint density at radius 1 is 1.23 bits per heavy atom. The molecule has 2 rings (SSSR count). The van der Waals surface area contributed by atoms with E-state index in [9.17, 15) is 13.2 Å². The van der Waals surface area contributed by atoms with Crippen molar-refractivity contribution in [2.45, 2.75) is 26.8 Å². The molecule has 2 atom stereocenters. The van der Waals surface area contributed by atoms with E-state index < -0.39 is 9.84 Å². The highest BCUT2D eigenvalue weighted by molar-refractivity contribution is 7.92. The van der Waals surface area contributed by atoms with Crippen LogP contribution >= 0.6 is 0 Å². The Labute approximate surface area is 133 Å². The van der Waals surface area contributed by atoms with Crippen molar-refractivity contribution < 1.29 is 17.9 Å². The van der Waals surface area contributed by atoms with Gasteiger partial charge in [-0.2, -0.15) is 0 Å². The molecule has 0 spiro atoms. The maximum absolute atomic E-state index is 12.3. The maximum atomic E-state index is 12.3. The number of carbonyl (C=O) groups is 1. The van der Waals surface area contributed by atoms with Crippen molar-refractivity contribution in [3.63, 3.8) is 0 Å². The molecule has 0 aromatic rings. The number of sulfone groups is 1. The zero-order chi connectivity index (χ0) is 16.3. The van der Waals surface area contributed by atoms with Gasteiger partial charge in [0.1, 0.15) is 5.75 Å². The first kappa shape index (κ1) is 17.7. The van der Waals surface area contributed by atoms with Crippen LogP contribution in [0.2, 0.25) is 0 Å². The standard InChI is InChI=1S/C15H28N2O4S/c1-12(2)10-22(19,20)11-15(18)17-8-13(3)14(9-17)16-4-6-21-7-5-16/h12-14H,4-11H2,1-3H3/t13-,14+/m0/s1.